The molecular weight excluding hydrogens is 503 g/mol. The molecule has 4 aromatic rings. The predicted octanol–water partition coefficient (Wildman–Crippen LogP) is 4.33. The molecule has 0 saturated carbocycles. The van der Waals surface area contributed by atoms with Crippen LogP contribution in [0.2, 0.25) is 5.02 Å². The second kappa shape index (κ2) is 9.34. The first-order valence-electron chi connectivity index (χ1n) is 11.2. The molecule has 0 saturated heterocycles. The highest BCUT2D eigenvalue weighted by atomic mass is 35.5. The highest BCUT2D eigenvalue weighted by Gasteiger charge is 2.42. The van der Waals surface area contributed by atoms with Crippen molar-refractivity contribution in [1.29, 1.82) is 0 Å². The lowest BCUT2D eigenvalue weighted by molar-refractivity contribution is 0.0640. The number of hydrogen-bond acceptors (Lipinski definition) is 7. The number of methoxy groups -OCH3 is 1. The highest BCUT2D eigenvalue weighted by molar-refractivity contribution is 6.30. The second-order valence-corrected chi connectivity index (χ2v) is 9.02. The maximum Gasteiger partial charge on any atom is 0.265 e. The van der Waals surface area contributed by atoms with Gasteiger partial charge in [0.2, 0.25) is 0 Å². The van der Waals surface area contributed by atoms with E-state index in [4.69, 9.17) is 16.3 Å². The molecule has 0 aliphatic carbocycles. The number of carbonyl (C=O) groups excluding carboxylic acids is 2. The Balaban J connectivity index is 1.53. The number of pyridine rings is 1. The summed E-state index contributed by atoms with van der Waals surface area (Å²) in [6.45, 7) is -0.387. The van der Waals surface area contributed by atoms with E-state index < -0.39 is 29.1 Å². The molecule has 0 radical (unpaired) electrons. The van der Waals surface area contributed by atoms with E-state index in [0.717, 1.165) is 4.90 Å². The third-order valence-corrected chi connectivity index (χ3v) is 6.61. The number of aromatic hydroxyl groups is 2. The van der Waals surface area contributed by atoms with Crippen LogP contribution < -0.4 is 4.74 Å². The van der Waals surface area contributed by atoms with Gasteiger partial charge in [-0.15, -0.1) is 0 Å². The lowest BCUT2D eigenvalue weighted by Gasteiger charge is -2.16. The van der Waals surface area contributed by atoms with Crippen LogP contribution in [0.15, 0.2) is 48.7 Å². The summed E-state index contributed by atoms with van der Waals surface area (Å²) in [6, 6.07) is 10.7. The van der Waals surface area contributed by atoms with Crippen LogP contribution in [0, 0.1) is 5.82 Å². The zero-order chi connectivity index (χ0) is 26.4. The number of hydrogen-bond donors (Lipinski definition) is 3. The van der Waals surface area contributed by atoms with Gasteiger partial charge < -0.3 is 20.1 Å². The van der Waals surface area contributed by atoms with Crippen molar-refractivity contribution in [3.8, 4) is 17.2 Å². The van der Waals surface area contributed by atoms with E-state index in [2.05, 4.69) is 4.98 Å². The molecule has 0 bridgehead atoms. The molecule has 0 spiro atoms. The van der Waals surface area contributed by atoms with Crippen molar-refractivity contribution in [3.05, 3.63) is 92.9 Å². The van der Waals surface area contributed by atoms with Crippen LogP contribution in [0.5, 0.6) is 17.2 Å². The minimum absolute atomic E-state index is 0.0311. The number of aliphatic hydroxyl groups is 1. The number of ether oxygens (including phenoxy) is 1. The molecule has 0 fully saturated rings. The van der Waals surface area contributed by atoms with Gasteiger partial charge in [-0.1, -0.05) is 29.8 Å². The summed E-state index contributed by atoms with van der Waals surface area (Å²) in [5.74, 6) is -2.72. The van der Waals surface area contributed by atoms with Gasteiger partial charge in [-0.25, -0.2) is 4.39 Å². The van der Waals surface area contributed by atoms with Crippen molar-refractivity contribution in [1.82, 2.24) is 9.88 Å². The van der Waals surface area contributed by atoms with Gasteiger partial charge in [0.15, 0.2) is 5.75 Å². The Bertz CT molecular complexity index is 1610. The van der Waals surface area contributed by atoms with E-state index in [1.54, 1.807) is 30.3 Å². The third kappa shape index (κ3) is 4.12. The van der Waals surface area contributed by atoms with E-state index in [9.17, 15) is 29.3 Å². The van der Waals surface area contributed by atoms with Crippen LogP contribution in [0.4, 0.5) is 4.39 Å². The van der Waals surface area contributed by atoms with Crippen molar-refractivity contribution in [2.75, 3.05) is 7.11 Å². The Morgan fingerprint density at radius 1 is 0.973 bits per heavy atom. The minimum atomic E-state index is -0.783. The first-order chi connectivity index (χ1) is 17.7. The topological polar surface area (TPSA) is 120 Å². The van der Waals surface area contributed by atoms with Crippen molar-refractivity contribution in [2.45, 2.75) is 19.6 Å². The predicted molar refractivity (Wildman–Crippen MR) is 132 cm³/mol. The number of imide groups is 1. The van der Waals surface area contributed by atoms with Crippen molar-refractivity contribution >= 4 is 34.3 Å². The van der Waals surface area contributed by atoms with E-state index in [1.165, 1.54) is 25.4 Å². The molecule has 2 amide bonds. The fourth-order valence-electron chi connectivity index (χ4n) is 4.46. The van der Waals surface area contributed by atoms with Crippen LogP contribution in [-0.4, -0.2) is 44.1 Å². The summed E-state index contributed by atoms with van der Waals surface area (Å²) in [7, 11) is 1.43. The molecule has 8 nitrogen and oxygen atoms in total. The summed E-state index contributed by atoms with van der Waals surface area (Å²) >= 11 is 5.86. The Labute approximate surface area is 215 Å². The summed E-state index contributed by atoms with van der Waals surface area (Å²) in [6.07, 6.45) is 1.75. The number of amides is 2. The average molecular weight is 523 g/mol. The average Bonchev–Trinajstić information content (AvgIpc) is 3.14. The van der Waals surface area contributed by atoms with Crippen LogP contribution in [0.25, 0.3) is 10.9 Å². The van der Waals surface area contributed by atoms with Gasteiger partial charge in [-0.2, -0.15) is 0 Å². The van der Waals surface area contributed by atoms with Crippen molar-refractivity contribution < 1.29 is 34.0 Å². The number of rotatable bonds is 6. The number of carbonyl (C=O) groups is 2. The third-order valence-electron chi connectivity index (χ3n) is 6.32. The molecule has 5 rings (SSSR count). The fourth-order valence-corrected chi connectivity index (χ4v) is 4.66. The molecule has 1 aromatic heterocycles. The highest BCUT2D eigenvalue weighted by Crippen LogP contribution is 2.44. The van der Waals surface area contributed by atoms with Crippen LogP contribution in [-0.2, 0) is 19.6 Å². The summed E-state index contributed by atoms with van der Waals surface area (Å²) in [4.78, 5) is 31.6. The smallest absolute Gasteiger partial charge is 0.265 e. The number of phenols is 2. The van der Waals surface area contributed by atoms with Crippen molar-refractivity contribution in [3.63, 3.8) is 0 Å². The zero-order valence-corrected chi connectivity index (χ0v) is 20.2. The van der Waals surface area contributed by atoms with Gasteiger partial charge in [0.25, 0.3) is 11.8 Å². The summed E-state index contributed by atoms with van der Waals surface area (Å²) < 4.78 is 18.8. The number of benzene rings is 3. The minimum Gasteiger partial charge on any atom is -0.506 e. The molecule has 37 heavy (non-hydrogen) atoms. The lowest BCUT2D eigenvalue weighted by atomic mass is 9.99. The molecule has 1 aliphatic rings. The van der Waals surface area contributed by atoms with Crippen LogP contribution in [0.1, 0.15) is 43.0 Å². The Morgan fingerprint density at radius 3 is 2.35 bits per heavy atom. The molecule has 0 atom stereocenters. The van der Waals surface area contributed by atoms with Gasteiger partial charge in [-0.3, -0.25) is 19.5 Å². The van der Waals surface area contributed by atoms with Gasteiger partial charge in [0, 0.05) is 17.1 Å². The van der Waals surface area contributed by atoms with Gasteiger partial charge in [0.1, 0.15) is 28.4 Å². The van der Waals surface area contributed by atoms with Crippen LogP contribution in [0.3, 0.4) is 0 Å². The first-order valence-corrected chi connectivity index (χ1v) is 11.5. The first kappa shape index (κ1) is 24.5. The molecule has 0 unspecified atom stereocenters. The Hall–Kier alpha value is -4.21. The Kier molecular flexibility index (Phi) is 6.18. The van der Waals surface area contributed by atoms with Gasteiger partial charge in [-0.05, 0) is 47.4 Å². The van der Waals surface area contributed by atoms with Gasteiger partial charge >= 0.3 is 0 Å². The monoisotopic (exact) mass is 522 g/mol. The number of aromatic nitrogens is 1. The van der Waals surface area contributed by atoms with E-state index in [-0.39, 0.29) is 40.2 Å². The van der Waals surface area contributed by atoms with E-state index in [1.807, 2.05) is 0 Å². The molecular formula is C27H20ClFN2O6. The molecule has 3 aromatic carbocycles. The van der Waals surface area contributed by atoms with E-state index in [0.29, 0.717) is 34.4 Å². The number of phenolic OH excluding ortho intramolecular Hbond substituents is 2. The molecule has 2 heterocycles. The largest absolute Gasteiger partial charge is 0.506 e. The van der Waals surface area contributed by atoms with Crippen molar-refractivity contribution in [2.24, 2.45) is 0 Å². The number of fused-ring (bicyclic) bond motifs is 2. The number of halogens is 2. The molecule has 3 N–H and O–H groups in total. The normalized spacial score (nSPS) is 12.9. The quantitative estimate of drug-likeness (QED) is 0.255. The Morgan fingerprint density at radius 2 is 1.68 bits per heavy atom. The summed E-state index contributed by atoms with van der Waals surface area (Å²) in [5, 5.41) is 31.4. The number of nitrogens with zero attached hydrogens (tertiary/aromatic N) is 2. The van der Waals surface area contributed by atoms with Crippen LogP contribution >= 0.6 is 11.6 Å². The zero-order valence-electron chi connectivity index (χ0n) is 19.5. The second-order valence-electron chi connectivity index (χ2n) is 8.61. The summed E-state index contributed by atoms with van der Waals surface area (Å²) in [5.41, 5.74) is 1.70. The lowest BCUT2D eigenvalue weighted by Crippen LogP contribution is -2.29. The fraction of sp³-hybridized carbons (Fsp3) is 0.148. The maximum absolute atomic E-state index is 13.5. The molecule has 1 aliphatic heterocycles. The van der Waals surface area contributed by atoms with E-state index >= 15 is 0 Å². The molecule has 10 heteroatoms. The number of aliphatic hydroxyl groups excluding tert-OH is 1. The van der Waals surface area contributed by atoms with Gasteiger partial charge in [0.05, 0.1) is 30.8 Å². The maximum atomic E-state index is 13.5. The standard InChI is InChI=1S/C27H20ClFN2O6/c1-37-20-9-14(12-32)2-4-16(20)11-31-26(35)21-22(27(31)36)25(34)23-17(24(21)33)7-15(10-30-23)6-13-3-5-19(29)18(28)8-13/h2-5,7-10,32-34H,6,11-12H2,1H3. The SMILES string of the molecule is COc1cc(CO)ccc1CN1C(=O)c2c(c(O)c3ncc(Cc4ccc(F)c(Cl)c4)cc3c2O)C1=O. The molecule has 188 valence electrons.